The van der Waals surface area contributed by atoms with E-state index >= 15 is 0 Å². The number of rotatable bonds is 5. The fourth-order valence-electron chi connectivity index (χ4n) is 2.54. The molecule has 1 aliphatic rings. The number of halogens is 2. The van der Waals surface area contributed by atoms with Crippen LogP contribution in [0.3, 0.4) is 0 Å². The first-order chi connectivity index (χ1) is 12.0. The van der Waals surface area contributed by atoms with Gasteiger partial charge in [0.15, 0.2) is 11.6 Å². The zero-order valence-electron chi connectivity index (χ0n) is 13.0. The van der Waals surface area contributed by atoms with E-state index in [9.17, 15) is 23.2 Å². The summed E-state index contributed by atoms with van der Waals surface area (Å²) in [4.78, 5) is 37.1. The summed E-state index contributed by atoms with van der Waals surface area (Å²) in [5, 5.41) is 0. The van der Waals surface area contributed by atoms with Crippen LogP contribution in [-0.4, -0.2) is 35.8 Å². The van der Waals surface area contributed by atoms with Crippen molar-refractivity contribution in [1.29, 1.82) is 0 Å². The Morgan fingerprint density at radius 2 is 1.60 bits per heavy atom. The van der Waals surface area contributed by atoms with Gasteiger partial charge in [-0.25, -0.2) is 13.6 Å². The minimum absolute atomic E-state index is 0.0643. The van der Waals surface area contributed by atoms with Crippen molar-refractivity contribution in [1.82, 2.24) is 4.90 Å². The summed E-state index contributed by atoms with van der Waals surface area (Å²) >= 11 is 0. The predicted octanol–water partition coefficient (Wildman–Crippen LogP) is 2.81. The van der Waals surface area contributed by atoms with Gasteiger partial charge in [0.1, 0.15) is 0 Å². The third-order valence-corrected chi connectivity index (χ3v) is 3.79. The number of hydrogen-bond donors (Lipinski definition) is 0. The molecular formula is C18H13F2NO4. The van der Waals surface area contributed by atoms with Crippen molar-refractivity contribution in [2.45, 2.75) is 6.42 Å². The molecule has 0 fully saturated rings. The van der Waals surface area contributed by atoms with Gasteiger partial charge in [0.05, 0.1) is 23.3 Å². The van der Waals surface area contributed by atoms with Gasteiger partial charge in [-0.05, 0) is 36.8 Å². The molecule has 2 aromatic carbocycles. The van der Waals surface area contributed by atoms with Gasteiger partial charge < -0.3 is 4.74 Å². The highest BCUT2D eigenvalue weighted by molar-refractivity contribution is 6.21. The van der Waals surface area contributed by atoms with Crippen molar-refractivity contribution >= 4 is 17.8 Å². The van der Waals surface area contributed by atoms with Crippen LogP contribution in [0.1, 0.15) is 37.5 Å². The van der Waals surface area contributed by atoms with Gasteiger partial charge in [-0.2, -0.15) is 0 Å². The number of imide groups is 1. The highest BCUT2D eigenvalue weighted by atomic mass is 19.2. The Morgan fingerprint density at radius 1 is 0.960 bits per heavy atom. The topological polar surface area (TPSA) is 63.7 Å². The van der Waals surface area contributed by atoms with Gasteiger partial charge >= 0.3 is 5.97 Å². The SMILES string of the molecule is O=C(OCCCN1C(=O)c2ccccc2C1=O)c1ccc(F)c(F)c1. The molecule has 0 aromatic heterocycles. The van der Waals surface area contributed by atoms with E-state index in [1.165, 1.54) is 0 Å². The smallest absolute Gasteiger partial charge is 0.338 e. The average molecular weight is 345 g/mol. The van der Waals surface area contributed by atoms with Crippen molar-refractivity contribution in [3.63, 3.8) is 0 Å². The van der Waals surface area contributed by atoms with Gasteiger partial charge in [-0.3, -0.25) is 14.5 Å². The van der Waals surface area contributed by atoms with Crippen molar-refractivity contribution in [3.8, 4) is 0 Å². The number of hydrogen-bond acceptors (Lipinski definition) is 4. The number of nitrogens with zero attached hydrogens (tertiary/aromatic N) is 1. The van der Waals surface area contributed by atoms with Crippen LogP contribution in [0.2, 0.25) is 0 Å². The van der Waals surface area contributed by atoms with E-state index in [1.807, 2.05) is 0 Å². The second-order valence-electron chi connectivity index (χ2n) is 5.43. The molecule has 0 unspecified atom stereocenters. The number of esters is 1. The van der Waals surface area contributed by atoms with Crippen LogP contribution >= 0.6 is 0 Å². The summed E-state index contributed by atoms with van der Waals surface area (Å²) < 4.78 is 30.9. The number of benzene rings is 2. The Balaban J connectivity index is 1.52. The molecule has 0 saturated heterocycles. The normalized spacial score (nSPS) is 13.1. The molecule has 0 N–H and O–H groups in total. The molecule has 0 bridgehead atoms. The van der Waals surface area contributed by atoms with Crippen LogP contribution in [0.15, 0.2) is 42.5 Å². The number of ether oxygens (including phenoxy) is 1. The lowest BCUT2D eigenvalue weighted by Crippen LogP contribution is -2.31. The molecule has 0 spiro atoms. The maximum Gasteiger partial charge on any atom is 0.338 e. The molecule has 0 aliphatic carbocycles. The number of amides is 2. The number of carbonyl (C=O) groups is 3. The van der Waals surface area contributed by atoms with Crippen LogP contribution in [0.25, 0.3) is 0 Å². The van der Waals surface area contributed by atoms with E-state index in [1.54, 1.807) is 24.3 Å². The maximum atomic E-state index is 13.1. The predicted molar refractivity (Wildman–Crippen MR) is 83.1 cm³/mol. The molecule has 7 heteroatoms. The Labute approximate surface area is 141 Å². The second kappa shape index (κ2) is 6.80. The highest BCUT2D eigenvalue weighted by Gasteiger charge is 2.34. The van der Waals surface area contributed by atoms with Crippen molar-refractivity contribution in [2.24, 2.45) is 0 Å². The third kappa shape index (κ3) is 3.26. The van der Waals surface area contributed by atoms with Crippen LogP contribution < -0.4 is 0 Å². The van der Waals surface area contributed by atoms with Crippen molar-refractivity contribution in [3.05, 3.63) is 70.8 Å². The van der Waals surface area contributed by atoms with E-state index in [4.69, 9.17) is 4.74 Å². The van der Waals surface area contributed by atoms with Gasteiger partial charge in [0.2, 0.25) is 0 Å². The minimum atomic E-state index is -1.14. The fraction of sp³-hybridized carbons (Fsp3) is 0.167. The molecule has 2 amide bonds. The van der Waals surface area contributed by atoms with E-state index in [0.717, 1.165) is 23.1 Å². The van der Waals surface area contributed by atoms with Crippen molar-refractivity contribution in [2.75, 3.05) is 13.2 Å². The molecule has 5 nitrogen and oxygen atoms in total. The van der Waals surface area contributed by atoms with Crippen LogP contribution in [0.4, 0.5) is 8.78 Å². The Hall–Kier alpha value is -3.09. The minimum Gasteiger partial charge on any atom is -0.462 e. The quantitative estimate of drug-likeness (QED) is 0.475. The molecule has 0 radical (unpaired) electrons. The fourth-order valence-corrected chi connectivity index (χ4v) is 2.54. The lowest BCUT2D eigenvalue weighted by molar-refractivity contribution is 0.0482. The van der Waals surface area contributed by atoms with Gasteiger partial charge in [-0.1, -0.05) is 12.1 Å². The maximum absolute atomic E-state index is 13.1. The first kappa shape index (κ1) is 16.8. The Morgan fingerprint density at radius 3 is 2.20 bits per heavy atom. The summed E-state index contributed by atoms with van der Waals surface area (Å²) in [6, 6.07) is 9.23. The van der Waals surface area contributed by atoms with E-state index < -0.39 is 17.6 Å². The summed E-state index contributed by atoms with van der Waals surface area (Å²) in [6.07, 6.45) is 0.237. The average Bonchev–Trinajstić information content (AvgIpc) is 2.85. The number of fused-ring (bicyclic) bond motifs is 1. The molecule has 25 heavy (non-hydrogen) atoms. The first-order valence-corrected chi connectivity index (χ1v) is 7.56. The first-order valence-electron chi connectivity index (χ1n) is 7.56. The second-order valence-corrected chi connectivity index (χ2v) is 5.43. The third-order valence-electron chi connectivity index (χ3n) is 3.79. The van der Waals surface area contributed by atoms with E-state index in [2.05, 4.69) is 0 Å². The van der Waals surface area contributed by atoms with E-state index in [0.29, 0.717) is 11.1 Å². The monoisotopic (exact) mass is 345 g/mol. The zero-order chi connectivity index (χ0) is 18.0. The molecule has 1 aliphatic heterocycles. The van der Waals surface area contributed by atoms with Crippen LogP contribution in [0.5, 0.6) is 0 Å². The molecular weight excluding hydrogens is 332 g/mol. The lowest BCUT2D eigenvalue weighted by Gasteiger charge is -2.13. The van der Waals surface area contributed by atoms with Crippen molar-refractivity contribution < 1.29 is 27.9 Å². The van der Waals surface area contributed by atoms with Gasteiger partial charge in [0.25, 0.3) is 11.8 Å². The zero-order valence-corrected chi connectivity index (χ0v) is 13.0. The summed E-state index contributed by atoms with van der Waals surface area (Å²) in [5.74, 6) is -3.76. The van der Waals surface area contributed by atoms with E-state index in [-0.39, 0.29) is 37.0 Å². The Bertz CT molecular complexity index is 831. The molecule has 0 saturated carbocycles. The lowest BCUT2D eigenvalue weighted by atomic mass is 10.1. The number of carbonyl (C=O) groups excluding carboxylic acids is 3. The van der Waals surface area contributed by atoms with Gasteiger partial charge in [-0.15, -0.1) is 0 Å². The molecule has 128 valence electrons. The highest BCUT2D eigenvalue weighted by Crippen LogP contribution is 2.22. The molecule has 1 heterocycles. The largest absolute Gasteiger partial charge is 0.462 e. The van der Waals surface area contributed by atoms with Gasteiger partial charge in [0, 0.05) is 6.54 Å². The van der Waals surface area contributed by atoms with Crippen LogP contribution in [-0.2, 0) is 4.74 Å². The molecule has 0 atom stereocenters. The standard InChI is InChI=1S/C18H13F2NO4/c19-14-7-6-11(10-15(14)20)18(24)25-9-3-8-21-16(22)12-4-1-2-5-13(12)17(21)23/h1-2,4-7,10H,3,8-9H2. The Kier molecular flexibility index (Phi) is 4.56. The summed E-state index contributed by atoms with van der Waals surface area (Å²) in [5.41, 5.74) is 0.595. The molecule has 3 rings (SSSR count). The molecule has 2 aromatic rings. The van der Waals surface area contributed by atoms with Crippen LogP contribution in [0, 0.1) is 11.6 Å². The summed E-state index contributed by atoms with van der Waals surface area (Å²) in [7, 11) is 0. The summed E-state index contributed by atoms with van der Waals surface area (Å²) in [6.45, 7) is 0.0304.